The average Bonchev–Trinajstić information content (AvgIpc) is 1.26. The third-order valence-electron chi connectivity index (χ3n) is 21.7. The van der Waals surface area contributed by atoms with Crippen LogP contribution in [-0.4, -0.2) is 38.6 Å². The van der Waals surface area contributed by atoms with Crippen LogP contribution in [-0.2, 0) is 26.5 Å². The van der Waals surface area contributed by atoms with E-state index >= 15 is 0 Å². The van der Waals surface area contributed by atoms with E-state index in [-0.39, 0.29) is 20.1 Å². The van der Waals surface area contributed by atoms with E-state index in [1.165, 1.54) is 104 Å². The molecule has 0 aliphatic carbocycles. The van der Waals surface area contributed by atoms with E-state index in [0.29, 0.717) is 17.5 Å². The standard InChI is InChI=1S/C51H33N5.C41H30N2.C13H8N.Ir/c1-4-15-34(16-5-1)49-52-50(35-17-6-2-7-18-35)54-51(53-49)38-19-14-22-40(31-38)56-45-25-12-10-23-41(45)43-29-27-37(33-48(43)56)36-28-30-47-44(32-36)42-24-11-13-26-46(42)55(47)39-20-8-3-9-21-39;1-2-39-42-37-18-10-11-19-38(37)43(39)32-26-24-31(25-27-32)41-35-16-8-6-14-33(35)40(34-15-7-9-17-36(34)41)30-22-20-29(21-23-30)28-12-4-3-5-13-28;1-2-6-12-10(4-1)7-8-11-5-3-9-14-13(11)12;/h1-33H;3-27H,2H2,1H3;1-5,7-9H;/q;;-1;. The van der Waals surface area contributed by atoms with Gasteiger partial charge in [-0.3, -0.25) is 4.57 Å². The Bertz CT molecular complexity index is 7150. The van der Waals surface area contributed by atoms with Crippen LogP contribution in [0.4, 0.5) is 0 Å². The fourth-order valence-corrected chi connectivity index (χ4v) is 16.5. The van der Waals surface area contributed by atoms with Gasteiger partial charge in [0.2, 0.25) is 0 Å². The first-order chi connectivity index (χ1) is 56.0. The SMILES string of the molecule is CCc1nc2ccccc2n1-c1ccc(-c2c3ccccc3c(-c3ccc(-c4ccccc4)cc3)c3ccccc23)cc1.[Ir].[c-]1cccc2ccc3cccnc3c12.c1ccc(-c2nc(-c3ccccc3)nc(-c3cccc(-n4c5ccccc5c5ccc(-c6ccc7c(c6)c6ccccc6n7-c6ccccc6)cc54)c3)n2)cc1. The molecule has 0 saturated heterocycles. The smallest absolute Gasteiger partial charge is 0.164 e. The van der Waals surface area contributed by atoms with E-state index in [0.717, 1.165) is 84.5 Å². The van der Waals surface area contributed by atoms with Crippen molar-refractivity contribution in [1.82, 2.24) is 38.6 Å². The molecule has 5 aromatic heterocycles. The second kappa shape index (κ2) is 30.5. The largest absolute Gasteiger partial charge is 0.309 e. The first kappa shape index (κ1) is 70.1. The quantitative estimate of drug-likeness (QED) is 0.0732. The second-order valence-corrected chi connectivity index (χ2v) is 28.4. The van der Waals surface area contributed by atoms with Gasteiger partial charge in [-0.15, -0.1) is 35.0 Å². The fourth-order valence-electron chi connectivity index (χ4n) is 16.5. The molecule has 9 heteroatoms. The summed E-state index contributed by atoms with van der Waals surface area (Å²) in [6.07, 6.45) is 2.70. The van der Waals surface area contributed by atoms with E-state index in [4.69, 9.17) is 19.9 Å². The number of hydrogen-bond acceptors (Lipinski definition) is 5. The molecule has 5 heterocycles. The van der Waals surface area contributed by atoms with E-state index in [1.54, 1.807) is 0 Å². The Morgan fingerprint density at radius 1 is 0.263 bits per heavy atom. The van der Waals surface area contributed by atoms with Crippen LogP contribution in [0.5, 0.6) is 0 Å². The first-order valence-electron chi connectivity index (χ1n) is 38.4. The maximum atomic E-state index is 5.03. The molecule has 0 aliphatic heterocycles. The number of hydrogen-bond donors (Lipinski definition) is 0. The van der Waals surface area contributed by atoms with Gasteiger partial charge in [0, 0.05) is 88.0 Å². The van der Waals surface area contributed by atoms with Gasteiger partial charge in [0.25, 0.3) is 0 Å². The molecule has 0 aliphatic rings. The van der Waals surface area contributed by atoms with Crippen LogP contribution in [0, 0.1) is 6.07 Å². The average molecular weight is 1640 g/mol. The summed E-state index contributed by atoms with van der Waals surface area (Å²) in [6, 6.07) is 143. The molecule has 22 aromatic rings. The summed E-state index contributed by atoms with van der Waals surface area (Å²) in [5.74, 6) is 2.99. The van der Waals surface area contributed by atoms with Crippen molar-refractivity contribution in [2.75, 3.05) is 0 Å². The maximum absolute atomic E-state index is 5.03. The number of benzene rings is 17. The van der Waals surface area contributed by atoms with Crippen LogP contribution < -0.4 is 0 Å². The Morgan fingerprint density at radius 3 is 1.32 bits per heavy atom. The molecule has 0 spiro atoms. The van der Waals surface area contributed by atoms with E-state index < -0.39 is 0 Å². The van der Waals surface area contributed by atoms with Crippen LogP contribution in [0.15, 0.2) is 401 Å². The molecule has 0 fully saturated rings. The van der Waals surface area contributed by atoms with Gasteiger partial charge in [0.1, 0.15) is 5.82 Å². The molecular weight excluding hydrogens is 1570 g/mol. The predicted octanol–water partition coefficient (Wildman–Crippen LogP) is 26.8. The van der Waals surface area contributed by atoms with Crippen molar-refractivity contribution in [2.24, 2.45) is 0 Å². The molecule has 114 heavy (non-hydrogen) atoms. The molecule has 0 bridgehead atoms. The van der Waals surface area contributed by atoms with E-state index in [1.807, 2.05) is 85.1 Å². The van der Waals surface area contributed by atoms with Gasteiger partial charge in [-0.1, -0.05) is 298 Å². The molecule has 8 nitrogen and oxygen atoms in total. The monoisotopic (exact) mass is 1640 g/mol. The number of aromatic nitrogens is 8. The third-order valence-corrected chi connectivity index (χ3v) is 21.7. The Labute approximate surface area is 673 Å². The van der Waals surface area contributed by atoms with E-state index in [2.05, 4.69) is 347 Å². The molecule has 0 saturated carbocycles. The van der Waals surface area contributed by atoms with Gasteiger partial charge in [-0.05, 0) is 162 Å². The first-order valence-corrected chi connectivity index (χ1v) is 38.4. The Hall–Kier alpha value is -14.3. The molecule has 0 atom stereocenters. The van der Waals surface area contributed by atoms with Gasteiger partial charge in [0.15, 0.2) is 17.5 Å². The van der Waals surface area contributed by atoms with Crippen LogP contribution in [0.2, 0.25) is 0 Å². The fraction of sp³-hybridized carbons (Fsp3) is 0.0190. The Morgan fingerprint density at radius 2 is 0.693 bits per heavy atom. The molecule has 22 rings (SSSR count). The molecule has 0 unspecified atom stereocenters. The third kappa shape index (κ3) is 12.9. The van der Waals surface area contributed by atoms with E-state index in [9.17, 15) is 0 Å². The maximum Gasteiger partial charge on any atom is 0.164 e. The zero-order chi connectivity index (χ0) is 75.1. The summed E-state index contributed by atoms with van der Waals surface area (Å²) in [7, 11) is 0. The molecule has 0 N–H and O–H groups in total. The van der Waals surface area contributed by atoms with Crippen molar-refractivity contribution in [2.45, 2.75) is 13.3 Å². The van der Waals surface area contributed by atoms with Crippen molar-refractivity contribution >= 4 is 97.9 Å². The number of fused-ring (bicyclic) bond motifs is 12. The molecule has 17 aromatic carbocycles. The Kier molecular flexibility index (Phi) is 18.7. The van der Waals surface area contributed by atoms with Crippen LogP contribution in [0.3, 0.4) is 0 Å². The number of aryl methyl sites for hydroxylation is 1. The number of imidazole rings is 1. The van der Waals surface area contributed by atoms with Gasteiger partial charge in [-0.2, -0.15) is 0 Å². The van der Waals surface area contributed by atoms with Crippen LogP contribution >= 0.6 is 0 Å². The molecular formula is C105H71IrN8-. The minimum atomic E-state index is 0. The molecule has 541 valence electrons. The zero-order valence-electron chi connectivity index (χ0n) is 62.2. The molecule has 1 radical (unpaired) electrons. The normalized spacial score (nSPS) is 11.3. The summed E-state index contributed by atoms with van der Waals surface area (Å²) in [6.45, 7) is 2.17. The number of nitrogens with zero attached hydrogens (tertiary/aromatic N) is 8. The number of rotatable bonds is 11. The predicted molar refractivity (Wildman–Crippen MR) is 470 cm³/mol. The van der Waals surface area contributed by atoms with Gasteiger partial charge in [-0.25, -0.2) is 19.9 Å². The summed E-state index contributed by atoms with van der Waals surface area (Å²) in [5.41, 5.74) is 23.8. The minimum Gasteiger partial charge on any atom is -0.309 e. The Balaban J connectivity index is 0.000000132. The van der Waals surface area contributed by atoms with Crippen molar-refractivity contribution in [3.05, 3.63) is 412 Å². The topological polar surface area (TPSA) is 79.2 Å². The summed E-state index contributed by atoms with van der Waals surface area (Å²) in [4.78, 5) is 24.3. The number of pyridine rings is 1. The number of para-hydroxylation sites is 5. The molecule has 0 amide bonds. The summed E-state index contributed by atoms with van der Waals surface area (Å²) < 4.78 is 7.02. The van der Waals surface area contributed by atoms with Crippen LogP contribution in [0.25, 0.3) is 194 Å². The van der Waals surface area contributed by atoms with Crippen molar-refractivity contribution in [1.29, 1.82) is 0 Å². The summed E-state index contributed by atoms with van der Waals surface area (Å²) in [5, 5.41) is 13.4. The van der Waals surface area contributed by atoms with Gasteiger partial charge >= 0.3 is 0 Å². The van der Waals surface area contributed by atoms with Crippen molar-refractivity contribution in [3.63, 3.8) is 0 Å². The van der Waals surface area contributed by atoms with Crippen molar-refractivity contribution < 1.29 is 20.1 Å². The van der Waals surface area contributed by atoms with Gasteiger partial charge < -0.3 is 14.1 Å². The van der Waals surface area contributed by atoms with Crippen LogP contribution in [0.1, 0.15) is 12.7 Å². The summed E-state index contributed by atoms with van der Waals surface area (Å²) >= 11 is 0. The van der Waals surface area contributed by atoms with Crippen molar-refractivity contribution in [3.8, 4) is 95.7 Å². The minimum absolute atomic E-state index is 0. The van der Waals surface area contributed by atoms with Gasteiger partial charge in [0.05, 0.1) is 33.1 Å². The zero-order valence-corrected chi connectivity index (χ0v) is 64.6. The second-order valence-electron chi connectivity index (χ2n) is 28.4.